The van der Waals surface area contributed by atoms with Crippen molar-refractivity contribution in [2.24, 2.45) is 23.7 Å². The molecule has 1 heterocycles. The maximum atomic E-state index is 11.3. The summed E-state index contributed by atoms with van der Waals surface area (Å²) < 4.78 is 0. The van der Waals surface area contributed by atoms with Gasteiger partial charge in [-0.2, -0.15) is 0 Å². The summed E-state index contributed by atoms with van der Waals surface area (Å²) in [5, 5.41) is 31.8. The monoisotopic (exact) mass is 273 g/mol. The van der Waals surface area contributed by atoms with Crippen molar-refractivity contribution in [1.82, 2.24) is 5.32 Å². The van der Waals surface area contributed by atoms with E-state index in [0.29, 0.717) is 0 Å². The average molecular weight is 273 g/mol. The van der Waals surface area contributed by atoms with Crippen molar-refractivity contribution in [3.63, 3.8) is 0 Å². The van der Waals surface area contributed by atoms with Crippen LogP contribution in [0.3, 0.4) is 0 Å². The van der Waals surface area contributed by atoms with Gasteiger partial charge in [-0.05, 0) is 11.8 Å². The Morgan fingerprint density at radius 1 is 0.895 bits per heavy atom. The van der Waals surface area contributed by atoms with Crippen LogP contribution in [-0.4, -0.2) is 45.4 Å². The van der Waals surface area contributed by atoms with E-state index in [0.717, 1.165) is 0 Å². The summed E-state index contributed by atoms with van der Waals surface area (Å²) in [4.78, 5) is 22.7. The number of piperidine rings is 1. The van der Waals surface area contributed by atoms with Gasteiger partial charge in [0.1, 0.15) is 0 Å². The maximum Gasteiger partial charge on any atom is 0.310 e. The molecule has 19 heavy (non-hydrogen) atoms. The van der Waals surface area contributed by atoms with Gasteiger partial charge in [0.25, 0.3) is 0 Å². The standard InChI is InChI=1S/C13H23NO5/c1-5(2)9-7(12(16)17)11(15)8(13(18)19)10(14-9)6(3)4/h5-11,14-15H,1-4H3,(H,16,17)(H,18,19)/t7?,8?,9-,10+,11?. The molecule has 1 aliphatic heterocycles. The number of carbonyl (C=O) groups is 2. The minimum atomic E-state index is -1.38. The van der Waals surface area contributed by atoms with E-state index in [4.69, 9.17) is 0 Å². The summed E-state index contributed by atoms with van der Waals surface area (Å²) in [6.07, 6.45) is -1.38. The summed E-state index contributed by atoms with van der Waals surface area (Å²) in [6.45, 7) is 7.44. The molecule has 0 aliphatic carbocycles. The Hall–Kier alpha value is -1.14. The molecule has 0 spiro atoms. The van der Waals surface area contributed by atoms with Crippen molar-refractivity contribution in [1.29, 1.82) is 0 Å². The second-order valence-electron chi connectivity index (χ2n) is 5.92. The van der Waals surface area contributed by atoms with Crippen molar-refractivity contribution in [3.05, 3.63) is 0 Å². The zero-order valence-corrected chi connectivity index (χ0v) is 11.7. The molecule has 0 aromatic carbocycles. The third-order valence-corrected chi connectivity index (χ3v) is 3.90. The Labute approximate surface area is 112 Å². The van der Waals surface area contributed by atoms with Gasteiger partial charge in [0, 0.05) is 12.1 Å². The van der Waals surface area contributed by atoms with Gasteiger partial charge in [0.15, 0.2) is 0 Å². The molecule has 5 atom stereocenters. The molecule has 3 unspecified atom stereocenters. The smallest absolute Gasteiger partial charge is 0.310 e. The molecule has 0 radical (unpaired) electrons. The molecule has 1 saturated heterocycles. The van der Waals surface area contributed by atoms with Crippen LogP contribution >= 0.6 is 0 Å². The van der Waals surface area contributed by atoms with E-state index in [1.165, 1.54) is 0 Å². The van der Waals surface area contributed by atoms with Crippen LogP contribution in [0.25, 0.3) is 0 Å². The second-order valence-corrected chi connectivity index (χ2v) is 5.92. The van der Waals surface area contributed by atoms with Gasteiger partial charge in [-0.25, -0.2) is 0 Å². The van der Waals surface area contributed by atoms with Gasteiger partial charge >= 0.3 is 11.9 Å². The lowest BCUT2D eigenvalue weighted by Gasteiger charge is -2.45. The summed E-state index contributed by atoms with van der Waals surface area (Å²) in [5.74, 6) is -4.54. The highest BCUT2D eigenvalue weighted by molar-refractivity contribution is 5.77. The predicted octanol–water partition coefficient (Wildman–Crippen LogP) is 0.401. The lowest BCUT2D eigenvalue weighted by atomic mass is 9.71. The summed E-state index contributed by atoms with van der Waals surface area (Å²) >= 11 is 0. The third-order valence-electron chi connectivity index (χ3n) is 3.90. The van der Waals surface area contributed by atoms with Gasteiger partial charge in [0.2, 0.25) is 0 Å². The molecule has 0 aromatic heterocycles. The minimum Gasteiger partial charge on any atom is -0.481 e. The molecule has 6 heteroatoms. The Morgan fingerprint density at radius 2 is 1.21 bits per heavy atom. The van der Waals surface area contributed by atoms with Gasteiger partial charge in [-0.1, -0.05) is 27.7 Å². The molecule has 1 fully saturated rings. The molecule has 0 bridgehead atoms. The first-order chi connectivity index (χ1) is 8.68. The Kier molecular flexibility index (Phi) is 4.92. The zero-order valence-electron chi connectivity index (χ0n) is 11.7. The van der Waals surface area contributed by atoms with Crippen LogP contribution in [0.2, 0.25) is 0 Å². The highest BCUT2D eigenvalue weighted by atomic mass is 16.4. The molecule has 1 aliphatic rings. The number of aliphatic carboxylic acids is 2. The van der Waals surface area contributed by atoms with Gasteiger partial charge in [-0.15, -0.1) is 0 Å². The van der Waals surface area contributed by atoms with E-state index in [2.05, 4.69) is 5.32 Å². The molecule has 6 nitrogen and oxygen atoms in total. The Morgan fingerprint density at radius 3 is 1.42 bits per heavy atom. The predicted molar refractivity (Wildman–Crippen MR) is 68.6 cm³/mol. The average Bonchev–Trinajstić information content (AvgIpc) is 2.25. The van der Waals surface area contributed by atoms with Crippen molar-refractivity contribution >= 4 is 11.9 Å². The van der Waals surface area contributed by atoms with Crippen molar-refractivity contribution < 1.29 is 24.9 Å². The van der Waals surface area contributed by atoms with Crippen LogP contribution in [-0.2, 0) is 9.59 Å². The highest BCUT2D eigenvalue weighted by Gasteiger charge is 2.51. The Balaban J connectivity index is 3.15. The molecule has 1 rings (SSSR count). The topological polar surface area (TPSA) is 107 Å². The SMILES string of the molecule is CC(C)[C@H]1N[C@@H](C(C)C)C(C(=O)O)C(O)C1C(=O)O. The van der Waals surface area contributed by atoms with Crippen LogP contribution in [0, 0.1) is 23.7 Å². The molecule has 110 valence electrons. The lowest BCUT2D eigenvalue weighted by Crippen LogP contribution is -2.65. The van der Waals surface area contributed by atoms with E-state index >= 15 is 0 Å². The molecule has 4 N–H and O–H groups in total. The number of nitrogens with one attached hydrogen (secondary N) is 1. The lowest BCUT2D eigenvalue weighted by molar-refractivity contribution is -0.164. The van der Waals surface area contributed by atoms with Gasteiger partial charge in [0.05, 0.1) is 17.9 Å². The van der Waals surface area contributed by atoms with Crippen LogP contribution in [0.1, 0.15) is 27.7 Å². The normalized spacial score (nSPS) is 35.6. The molecule has 0 amide bonds. The fourth-order valence-electron chi connectivity index (χ4n) is 2.89. The van der Waals surface area contributed by atoms with Crippen molar-refractivity contribution in [2.45, 2.75) is 45.9 Å². The van der Waals surface area contributed by atoms with Crippen LogP contribution in [0.5, 0.6) is 0 Å². The van der Waals surface area contributed by atoms with E-state index < -0.39 is 42.0 Å². The first-order valence-corrected chi connectivity index (χ1v) is 6.58. The van der Waals surface area contributed by atoms with Crippen LogP contribution in [0.4, 0.5) is 0 Å². The van der Waals surface area contributed by atoms with E-state index in [1.807, 2.05) is 27.7 Å². The van der Waals surface area contributed by atoms with E-state index in [1.54, 1.807) is 0 Å². The first-order valence-electron chi connectivity index (χ1n) is 6.58. The van der Waals surface area contributed by atoms with Gasteiger partial charge in [-0.3, -0.25) is 9.59 Å². The fourth-order valence-corrected chi connectivity index (χ4v) is 2.89. The fraction of sp³-hybridized carbons (Fsp3) is 0.846. The van der Waals surface area contributed by atoms with Crippen LogP contribution in [0.15, 0.2) is 0 Å². The van der Waals surface area contributed by atoms with E-state index in [-0.39, 0.29) is 11.8 Å². The van der Waals surface area contributed by atoms with E-state index in [9.17, 15) is 24.9 Å². The van der Waals surface area contributed by atoms with Crippen molar-refractivity contribution in [3.8, 4) is 0 Å². The molecular weight excluding hydrogens is 250 g/mol. The summed E-state index contributed by atoms with van der Waals surface area (Å²) in [7, 11) is 0. The minimum absolute atomic E-state index is 0.00764. The number of hydrogen-bond acceptors (Lipinski definition) is 4. The molecule has 0 aromatic rings. The first kappa shape index (κ1) is 15.9. The summed E-state index contributed by atoms with van der Waals surface area (Å²) in [6, 6.07) is -0.869. The molecular formula is C13H23NO5. The zero-order chi connectivity index (χ0) is 14.9. The van der Waals surface area contributed by atoms with Gasteiger partial charge < -0.3 is 20.6 Å². The number of carboxylic acids is 2. The third kappa shape index (κ3) is 3.06. The number of rotatable bonds is 4. The number of aliphatic hydroxyl groups is 1. The quantitative estimate of drug-likeness (QED) is 0.591. The Bertz CT molecular complexity index is 323. The maximum absolute atomic E-state index is 11.3. The summed E-state index contributed by atoms with van der Waals surface area (Å²) in [5.41, 5.74) is 0. The van der Waals surface area contributed by atoms with Crippen LogP contribution < -0.4 is 5.32 Å². The van der Waals surface area contributed by atoms with Crippen molar-refractivity contribution in [2.75, 3.05) is 0 Å². The highest BCUT2D eigenvalue weighted by Crippen LogP contribution is 2.32. The second kappa shape index (κ2) is 5.88. The number of carboxylic acid groups (broad SMARTS) is 2. The molecule has 0 saturated carbocycles. The number of hydrogen-bond donors (Lipinski definition) is 4. The number of aliphatic hydroxyl groups excluding tert-OH is 1. The largest absolute Gasteiger partial charge is 0.481 e.